The van der Waals surface area contributed by atoms with Crippen molar-refractivity contribution in [2.45, 2.75) is 32.3 Å². The number of hydrogen-bond acceptors (Lipinski definition) is 3. The van der Waals surface area contributed by atoms with Crippen molar-refractivity contribution < 1.29 is 9.53 Å². The van der Waals surface area contributed by atoms with E-state index in [1.165, 1.54) is 12.8 Å². The molecule has 0 unspecified atom stereocenters. The molecule has 0 atom stereocenters. The molecule has 1 aromatic rings. The van der Waals surface area contributed by atoms with E-state index in [0.717, 1.165) is 44.0 Å². The standard InChI is InChI=1S/C18H26N2O2/c1-19-13-16-11-18(12-16)7-9-20(10-8-18)17(21)22-14-15-5-3-2-4-6-15/h2-6,16,19H,7-14H2,1H3. The van der Waals surface area contributed by atoms with E-state index >= 15 is 0 Å². The number of carbonyl (C=O) groups is 1. The predicted octanol–water partition coefficient (Wildman–Crippen LogP) is 3.03. The lowest BCUT2D eigenvalue weighted by atomic mass is 9.57. The molecule has 1 saturated carbocycles. The molecular weight excluding hydrogens is 276 g/mol. The van der Waals surface area contributed by atoms with Crippen LogP contribution in [0.5, 0.6) is 0 Å². The molecule has 4 heteroatoms. The molecule has 1 aromatic carbocycles. The Labute approximate surface area is 132 Å². The first-order valence-electron chi connectivity index (χ1n) is 8.31. The van der Waals surface area contributed by atoms with Gasteiger partial charge in [-0.25, -0.2) is 4.79 Å². The van der Waals surface area contributed by atoms with Crippen LogP contribution in [0.25, 0.3) is 0 Å². The molecule has 120 valence electrons. The Balaban J connectivity index is 1.41. The Morgan fingerprint density at radius 3 is 2.59 bits per heavy atom. The number of amides is 1. The van der Waals surface area contributed by atoms with E-state index in [-0.39, 0.29) is 6.09 Å². The summed E-state index contributed by atoms with van der Waals surface area (Å²) in [5.74, 6) is 0.835. The minimum Gasteiger partial charge on any atom is -0.445 e. The van der Waals surface area contributed by atoms with Crippen molar-refractivity contribution in [1.82, 2.24) is 10.2 Å². The van der Waals surface area contributed by atoms with Gasteiger partial charge in [0, 0.05) is 13.1 Å². The Morgan fingerprint density at radius 2 is 1.95 bits per heavy atom. The summed E-state index contributed by atoms with van der Waals surface area (Å²) in [7, 11) is 2.02. The number of benzene rings is 1. The Bertz CT molecular complexity index is 487. The van der Waals surface area contributed by atoms with Crippen LogP contribution in [0.2, 0.25) is 0 Å². The number of piperidine rings is 1. The molecule has 1 saturated heterocycles. The van der Waals surface area contributed by atoms with Crippen molar-refractivity contribution in [2.75, 3.05) is 26.7 Å². The molecule has 2 fully saturated rings. The topological polar surface area (TPSA) is 41.6 Å². The third kappa shape index (κ3) is 3.43. The minimum atomic E-state index is -0.162. The van der Waals surface area contributed by atoms with Gasteiger partial charge in [-0.05, 0) is 56.2 Å². The summed E-state index contributed by atoms with van der Waals surface area (Å²) in [5.41, 5.74) is 1.55. The van der Waals surface area contributed by atoms with Gasteiger partial charge in [-0.15, -0.1) is 0 Å². The summed E-state index contributed by atoms with van der Waals surface area (Å²) in [5, 5.41) is 3.27. The average molecular weight is 302 g/mol. The summed E-state index contributed by atoms with van der Waals surface area (Å²) in [4.78, 5) is 14.0. The number of rotatable bonds is 4. The van der Waals surface area contributed by atoms with Gasteiger partial charge in [0.25, 0.3) is 0 Å². The van der Waals surface area contributed by atoms with Crippen LogP contribution in [0.3, 0.4) is 0 Å². The second-order valence-corrected chi connectivity index (χ2v) is 6.86. The maximum Gasteiger partial charge on any atom is 0.410 e. The molecule has 2 aliphatic rings. The number of nitrogens with one attached hydrogen (secondary N) is 1. The van der Waals surface area contributed by atoms with Gasteiger partial charge < -0.3 is 15.0 Å². The van der Waals surface area contributed by atoms with E-state index in [0.29, 0.717) is 12.0 Å². The molecular formula is C18H26N2O2. The van der Waals surface area contributed by atoms with Crippen LogP contribution in [-0.2, 0) is 11.3 Å². The first-order chi connectivity index (χ1) is 10.7. The second kappa shape index (κ2) is 6.69. The lowest BCUT2D eigenvalue weighted by molar-refractivity contribution is -0.0128. The van der Waals surface area contributed by atoms with Gasteiger partial charge in [0.15, 0.2) is 0 Å². The molecule has 1 spiro atoms. The minimum absolute atomic E-state index is 0.162. The number of nitrogens with zero attached hydrogens (tertiary/aromatic N) is 1. The van der Waals surface area contributed by atoms with E-state index in [1.54, 1.807) is 0 Å². The number of likely N-dealkylation sites (tertiary alicyclic amines) is 1. The molecule has 0 radical (unpaired) electrons. The van der Waals surface area contributed by atoms with Gasteiger partial charge in [-0.1, -0.05) is 30.3 Å². The first kappa shape index (κ1) is 15.3. The Hall–Kier alpha value is -1.55. The molecule has 1 N–H and O–H groups in total. The van der Waals surface area contributed by atoms with Crippen molar-refractivity contribution >= 4 is 6.09 Å². The zero-order chi connectivity index (χ0) is 15.4. The highest BCUT2D eigenvalue weighted by Crippen LogP contribution is 2.52. The van der Waals surface area contributed by atoms with Crippen LogP contribution in [0, 0.1) is 11.3 Å². The van der Waals surface area contributed by atoms with Crippen LogP contribution in [0.4, 0.5) is 4.79 Å². The van der Waals surface area contributed by atoms with Crippen molar-refractivity contribution in [3.63, 3.8) is 0 Å². The number of carbonyl (C=O) groups excluding carboxylic acids is 1. The van der Waals surface area contributed by atoms with Crippen molar-refractivity contribution in [2.24, 2.45) is 11.3 Å². The smallest absolute Gasteiger partial charge is 0.410 e. The van der Waals surface area contributed by atoms with Gasteiger partial charge in [0.05, 0.1) is 0 Å². The third-order valence-corrected chi connectivity index (χ3v) is 5.22. The third-order valence-electron chi connectivity index (χ3n) is 5.22. The van der Waals surface area contributed by atoms with Crippen LogP contribution in [0.1, 0.15) is 31.2 Å². The van der Waals surface area contributed by atoms with Crippen LogP contribution in [-0.4, -0.2) is 37.7 Å². The Kier molecular flexibility index (Phi) is 4.67. The zero-order valence-corrected chi connectivity index (χ0v) is 13.4. The summed E-state index contributed by atoms with van der Waals surface area (Å²) in [6, 6.07) is 9.86. The highest BCUT2D eigenvalue weighted by atomic mass is 16.6. The van der Waals surface area contributed by atoms with Gasteiger partial charge in [-0.2, -0.15) is 0 Å². The fourth-order valence-electron chi connectivity index (χ4n) is 3.98. The van der Waals surface area contributed by atoms with Crippen molar-refractivity contribution in [3.8, 4) is 0 Å². The normalized spacial score (nSPS) is 20.7. The van der Waals surface area contributed by atoms with Gasteiger partial charge in [0.2, 0.25) is 0 Å². The monoisotopic (exact) mass is 302 g/mol. The quantitative estimate of drug-likeness (QED) is 0.929. The lowest BCUT2D eigenvalue weighted by Crippen LogP contribution is -2.50. The molecule has 1 aliphatic heterocycles. The summed E-state index contributed by atoms with van der Waals surface area (Å²) in [6.45, 7) is 3.19. The van der Waals surface area contributed by atoms with E-state index in [2.05, 4.69) is 5.32 Å². The van der Waals surface area contributed by atoms with E-state index in [1.807, 2.05) is 42.3 Å². The first-order valence-corrected chi connectivity index (χ1v) is 8.31. The van der Waals surface area contributed by atoms with E-state index in [9.17, 15) is 4.79 Å². The summed E-state index contributed by atoms with van der Waals surface area (Å²) >= 11 is 0. The van der Waals surface area contributed by atoms with Crippen LogP contribution >= 0.6 is 0 Å². The molecule has 3 rings (SSSR count). The lowest BCUT2D eigenvalue weighted by Gasteiger charge is -2.52. The summed E-state index contributed by atoms with van der Waals surface area (Å²) in [6.07, 6.45) is 4.74. The fraction of sp³-hybridized carbons (Fsp3) is 0.611. The number of hydrogen-bond donors (Lipinski definition) is 1. The molecule has 4 nitrogen and oxygen atoms in total. The van der Waals surface area contributed by atoms with Crippen LogP contribution in [0.15, 0.2) is 30.3 Å². The van der Waals surface area contributed by atoms with Gasteiger partial charge >= 0.3 is 6.09 Å². The van der Waals surface area contributed by atoms with Crippen LogP contribution < -0.4 is 5.32 Å². The van der Waals surface area contributed by atoms with Crippen molar-refractivity contribution in [3.05, 3.63) is 35.9 Å². The molecule has 1 aliphatic carbocycles. The fourth-order valence-corrected chi connectivity index (χ4v) is 3.98. The largest absolute Gasteiger partial charge is 0.445 e. The van der Waals surface area contributed by atoms with Gasteiger partial charge in [-0.3, -0.25) is 0 Å². The van der Waals surface area contributed by atoms with E-state index in [4.69, 9.17) is 4.74 Å². The molecule has 1 amide bonds. The second-order valence-electron chi connectivity index (χ2n) is 6.86. The highest BCUT2D eigenvalue weighted by Gasteiger charge is 2.45. The molecule has 0 aromatic heterocycles. The summed E-state index contributed by atoms with van der Waals surface area (Å²) < 4.78 is 5.42. The highest BCUT2D eigenvalue weighted by molar-refractivity contribution is 5.67. The number of ether oxygens (including phenoxy) is 1. The average Bonchev–Trinajstić information content (AvgIpc) is 2.53. The molecule has 1 heterocycles. The maximum atomic E-state index is 12.1. The van der Waals surface area contributed by atoms with E-state index < -0.39 is 0 Å². The van der Waals surface area contributed by atoms with Gasteiger partial charge in [0.1, 0.15) is 6.61 Å². The molecule has 22 heavy (non-hydrogen) atoms. The van der Waals surface area contributed by atoms with Crippen molar-refractivity contribution in [1.29, 1.82) is 0 Å². The maximum absolute atomic E-state index is 12.1. The molecule has 0 bridgehead atoms. The predicted molar refractivity (Wildman–Crippen MR) is 86.5 cm³/mol. The Morgan fingerprint density at radius 1 is 1.27 bits per heavy atom. The zero-order valence-electron chi connectivity index (χ0n) is 13.4. The SMILES string of the molecule is CNCC1CC2(CCN(C(=O)OCc3ccccc3)CC2)C1.